The van der Waals surface area contributed by atoms with Crippen LogP contribution < -0.4 is 20.7 Å². The molecule has 1 N–H and O–H groups in total. The molecule has 53 heavy (non-hydrogen) atoms. The zero-order valence-corrected chi connectivity index (χ0v) is 32.6. The van der Waals surface area contributed by atoms with Crippen LogP contribution in [0.25, 0.3) is 0 Å². The van der Waals surface area contributed by atoms with E-state index in [2.05, 4.69) is 43.9 Å². The summed E-state index contributed by atoms with van der Waals surface area (Å²) in [5.41, 5.74) is 0.933. The van der Waals surface area contributed by atoms with E-state index in [0.717, 1.165) is 16.7 Å². The summed E-state index contributed by atoms with van der Waals surface area (Å²) in [6.07, 6.45) is 2.41. The Kier molecular flexibility index (Phi) is 13.8. The summed E-state index contributed by atoms with van der Waals surface area (Å²) < 4.78 is 42.0. The number of nitrogens with one attached hydrogen (secondary N) is 1. The number of rotatable bonds is 18. The predicted octanol–water partition coefficient (Wildman–Crippen LogP) is 7.48. The smallest absolute Gasteiger partial charge is 0.330 e. The summed E-state index contributed by atoms with van der Waals surface area (Å²) in [5.74, 6) is 1.43. The molecule has 0 aliphatic carbocycles. The van der Waals surface area contributed by atoms with E-state index in [-0.39, 0.29) is 18.7 Å². The summed E-state index contributed by atoms with van der Waals surface area (Å²) in [6, 6.07) is 25.9. The summed E-state index contributed by atoms with van der Waals surface area (Å²) in [7, 11) is 1.71. The fourth-order valence-electron chi connectivity index (χ4n) is 6.67. The highest BCUT2D eigenvalue weighted by Gasteiger charge is 2.45. The van der Waals surface area contributed by atoms with Gasteiger partial charge in [0.25, 0.3) is 14.1 Å². The van der Waals surface area contributed by atoms with Gasteiger partial charge in [0.2, 0.25) is 0 Å². The lowest BCUT2D eigenvalue weighted by Crippen LogP contribution is -2.39. The van der Waals surface area contributed by atoms with E-state index in [0.29, 0.717) is 36.5 Å². The maximum atomic E-state index is 13.1. The van der Waals surface area contributed by atoms with E-state index >= 15 is 0 Å². The SMILES string of the molecule is C=CCCOP(OC1CC(n2cc(C)c(=O)[nH]c2=O)OC1COC(c1ccccc1)(c1ccc(OC)cc1)c1ccc(OC)cc1)N(C(C)C)C(C)C. The molecule has 12 heteroatoms. The lowest BCUT2D eigenvalue weighted by atomic mass is 9.80. The Hall–Kier alpha value is -4.09. The molecule has 0 amide bonds. The molecule has 1 fully saturated rings. The third-order valence-electron chi connectivity index (χ3n) is 9.27. The van der Waals surface area contributed by atoms with E-state index in [1.165, 1.54) is 10.8 Å². The molecule has 5 rings (SSSR count). The second kappa shape index (κ2) is 18.3. The zero-order chi connectivity index (χ0) is 38.1. The maximum absolute atomic E-state index is 13.1. The van der Waals surface area contributed by atoms with Crippen LogP contribution in [0.3, 0.4) is 0 Å². The number of nitrogens with zero attached hydrogens (tertiary/aromatic N) is 2. The molecule has 1 aliphatic rings. The molecule has 0 saturated carbocycles. The molecule has 4 unspecified atom stereocenters. The van der Waals surface area contributed by atoms with Crippen molar-refractivity contribution < 1.29 is 28.0 Å². The van der Waals surface area contributed by atoms with Crippen LogP contribution >= 0.6 is 8.53 Å². The Morgan fingerprint density at radius 3 is 2.02 bits per heavy atom. The van der Waals surface area contributed by atoms with Crippen molar-refractivity contribution in [3.63, 3.8) is 0 Å². The average molecular weight is 746 g/mol. The third-order valence-corrected chi connectivity index (χ3v) is 11.4. The van der Waals surface area contributed by atoms with Gasteiger partial charge in [-0.3, -0.25) is 14.3 Å². The van der Waals surface area contributed by atoms with Crippen molar-refractivity contribution >= 4 is 8.53 Å². The van der Waals surface area contributed by atoms with Gasteiger partial charge in [-0.05, 0) is 82.0 Å². The summed E-state index contributed by atoms with van der Waals surface area (Å²) in [4.78, 5) is 27.9. The first-order valence-corrected chi connectivity index (χ1v) is 19.1. The number of hydrogen-bond donors (Lipinski definition) is 1. The van der Waals surface area contributed by atoms with E-state index in [4.69, 9.17) is 28.0 Å². The molecule has 3 aromatic carbocycles. The predicted molar refractivity (Wildman–Crippen MR) is 208 cm³/mol. The lowest BCUT2D eigenvalue weighted by molar-refractivity contribution is -0.0926. The van der Waals surface area contributed by atoms with Crippen LogP contribution in [0.15, 0.2) is 107 Å². The molecule has 2 heterocycles. The molecular formula is C41H52N3O8P. The largest absolute Gasteiger partial charge is 0.497 e. The third kappa shape index (κ3) is 9.18. The average Bonchev–Trinajstić information content (AvgIpc) is 3.56. The van der Waals surface area contributed by atoms with Gasteiger partial charge in [-0.2, -0.15) is 0 Å². The van der Waals surface area contributed by atoms with Gasteiger partial charge < -0.3 is 28.0 Å². The highest BCUT2D eigenvalue weighted by atomic mass is 31.2. The Balaban J connectivity index is 1.60. The number of aromatic nitrogens is 2. The minimum Gasteiger partial charge on any atom is -0.497 e. The first-order valence-electron chi connectivity index (χ1n) is 18.0. The minimum atomic E-state index is -1.56. The number of aromatic amines is 1. The van der Waals surface area contributed by atoms with Crippen LogP contribution in [0.5, 0.6) is 11.5 Å². The molecule has 11 nitrogen and oxygen atoms in total. The van der Waals surface area contributed by atoms with Crippen molar-refractivity contribution in [1.29, 1.82) is 0 Å². The molecule has 0 bridgehead atoms. The van der Waals surface area contributed by atoms with Gasteiger partial charge >= 0.3 is 5.69 Å². The summed E-state index contributed by atoms with van der Waals surface area (Å²) >= 11 is 0. The number of H-pyrrole nitrogens is 1. The van der Waals surface area contributed by atoms with Crippen molar-refractivity contribution in [2.75, 3.05) is 27.4 Å². The molecule has 1 aliphatic heterocycles. The van der Waals surface area contributed by atoms with Gasteiger partial charge in [0, 0.05) is 30.3 Å². The molecule has 0 radical (unpaired) electrons. The van der Waals surface area contributed by atoms with E-state index in [9.17, 15) is 9.59 Å². The van der Waals surface area contributed by atoms with Crippen LogP contribution in [-0.2, 0) is 24.1 Å². The lowest BCUT2D eigenvalue weighted by Gasteiger charge is -2.39. The molecular weight excluding hydrogens is 693 g/mol. The Bertz CT molecular complexity index is 1820. The zero-order valence-electron chi connectivity index (χ0n) is 31.7. The maximum Gasteiger partial charge on any atom is 0.330 e. The van der Waals surface area contributed by atoms with Crippen molar-refractivity contribution in [1.82, 2.24) is 14.2 Å². The van der Waals surface area contributed by atoms with E-state index in [1.807, 2.05) is 84.9 Å². The molecule has 1 aromatic heterocycles. The topological polar surface area (TPSA) is 113 Å². The number of benzene rings is 3. The monoisotopic (exact) mass is 745 g/mol. The van der Waals surface area contributed by atoms with Crippen LogP contribution in [0.4, 0.5) is 0 Å². The van der Waals surface area contributed by atoms with Gasteiger partial charge in [-0.1, -0.05) is 60.7 Å². The first-order chi connectivity index (χ1) is 25.5. The van der Waals surface area contributed by atoms with E-state index in [1.54, 1.807) is 21.1 Å². The van der Waals surface area contributed by atoms with E-state index < -0.39 is 43.8 Å². The van der Waals surface area contributed by atoms with Crippen molar-refractivity contribution in [3.05, 3.63) is 141 Å². The number of hydrogen-bond acceptors (Lipinski definition) is 9. The molecule has 1 saturated heterocycles. The molecule has 284 valence electrons. The molecule has 4 aromatic rings. The quantitative estimate of drug-likeness (QED) is 0.0480. The highest BCUT2D eigenvalue weighted by molar-refractivity contribution is 7.44. The van der Waals surface area contributed by atoms with Gasteiger partial charge in [0.1, 0.15) is 29.4 Å². The first kappa shape index (κ1) is 40.1. The molecule has 0 spiro atoms. The van der Waals surface area contributed by atoms with Gasteiger partial charge in [-0.25, -0.2) is 9.46 Å². The number of methoxy groups -OCH3 is 2. The normalized spacial score (nSPS) is 18.1. The molecule has 4 atom stereocenters. The summed E-state index contributed by atoms with van der Waals surface area (Å²) in [6.45, 7) is 14.5. The van der Waals surface area contributed by atoms with Gasteiger partial charge in [0.15, 0.2) is 0 Å². The minimum absolute atomic E-state index is 0.0738. The second-order valence-electron chi connectivity index (χ2n) is 13.5. The standard InChI is InChI=1S/C41H52N3O8P/c1-9-10-24-50-53(44(28(2)3)29(4)5)52-36-25-38(43-26-30(6)39(45)42-40(43)46)51-37(36)27-49-41(31-14-12-11-13-15-31,32-16-20-34(47-7)21-17-32)33-18-22-35(48-8)23-19-33/h9,11-23,26,28-29,36-38H,1,10,24-25,27H2,2-8H3,(H,42,45,46). The number of ether oxygens (including phenoxy) is 4. The fraction of sp³-hybridized carbons (Fsp3) is 0.415. The van der Waals surface area contributed by atoms with Crippen molar-refractivity contribution in [2.24, 2.45) is 0 Å². The Morgan fingerprint density at radius 2 is 1.49 bits per heavy atom. The van der Waals surface area contributed by atoms with Crippen LogP contribution in [-0.4, -0.2) is 65.9 Å². The Morgan fingerprint density at radius 1 is 0.925 bits per heavy atom. The summed E-state index contributed by atoms with van der Waals surface area (Å²) in [5, 5.41) is 0. The highest BCUT2D eigenvalue weighted by Crippen LogP contribution is 2.50. The van der Waals surface area contributed by atoms with Gasteiger partial charge in [-0.15, -0.1) is 6.58 Å². The van der Waals surface area contributed by atoms with Crippen molar-refractivity contribution in [3.8, 4) is 11.5 Å². The van der Waals surface area contributed by atoms with Crippen molar-refractivity contribution in [2.45, 2.75) is 83.6 Å². The van der Waals surface area contributed by atoms with Crippen LogP contribution in [0.1, 0.15) is 69.0 Å². The van der Waals surface area contributed by atoms with Crippen LogP contribution in [0, 0.1) is 6.92 Å². The van der Waals surface area contributed by atoms with Gasteiger partial charge in [0.05, 0.1) is 33.5 Å². The second-order valence-corrected chi connectivity index (χ2v) is 14.9. The number of aryl methyl sites for hydroxylation is 1. The Labute approximate surface area is 313 Å². The van der Waals surface area contributed by atoms with Crippen LogP contribution in [0.2, 0.25) is 0 Å². The fourth-order valence-corrected chi connectivity index (χ4v) is 8.44.